The Balaban J connectivity index is 4.09. The third-order valence-corrected chi connectivity index (χ3v) is 1.51. The summed E-state index contributed by atoms with van der Waals surface area (Å²) in [5, 5.41) is 11.1. The van der Waals surface area contributed by atoms with E-state index in [1.807, 2.05) is 6.92 Å². The molecule has 0 heterocycles. The first-order valence-electron chi connectivity index (χ1n) is 4.27. The van der Waals surface area contributed by atoms with Crippen molar-refractivity contribution in [2.45, 2.75) is 32.7 Å². The maximum atomic E-state index is 11.0. The summed E-state index contributed by atoms with van der Waals surface area (Å²) in [5.74, 6) is -1.34. The van der Waals surface area contributed by atoms with Crippen molar-refractivity contribution < 1.29 is 14.7 Å². The molecule has 0 fully saturated rings. The van der Waals surface area contributed by atoms with E-state index in [2.05, 4.69) is 5.32 Å². The predicted molar refractivity (Wildman–Crippen MR) is 49.3 cm³/mol. The maximum absolute atomic E-state index is 11.0. The fourth-order valence-electron chi connectivity index (χ4n) is 0.917. The van der Waals surface area contributed by atoms with Crippen molar-refractivity contribution in [3.05, 3.63) is 12.2 Å². The summed E-state index contributed by atoms with van der Waals surface area (Å²) in [5.41, 5.74) is 0. The Morgan fingerprint density at radius 2 is 2.15 bits per heavy atom. The Hall–Kier alpha value is -1.32. The van der Waals surface area contributed by atoms with E-state index in [0.29, 0.717) is 6.42 Å². The molecule has 74 valence electrons. The van der Waals surface area contributed by atoms with Crippen molar-refractivity contribution in [1.29, 1.82) is 0 Å². The zero-order chi connectivity index (χ0) is 10.3. The first-order valence-corrected chi connectivity index (χ1v) is 4.27. The van der Waals surface area contributed by atoms with E-state index in [-0.39, 0.29) is 5.91 Å². The number of carboxylic acid groups (broad SMARTS) is 1. The SMILES string of the molecule is C/C=C/C(=O)N[C@H](CCC)C(=O)O. The number of rotatable bonds is 5. The van der Waals surface area contributed by atoms with Crippen LogP contribution in [0.5, 0.6) is 0 Å². The molecule has 0 saturated heterocycles. The van der Waals surface area contributed by atoms with Gasteiger partial charge in [0.25, 0.3) is 0 Å². The van der Waals surface area contributed by atoms with Crippen LogP contribution < -0.4 is 5.32 Å². The number of carboxylic acids is 1. The molecule has 0 aliphatic heterocycles. The van der Waals surface area contributed by atoms with E-state index in [1.54, 1.807) is 13.0 Å². The minimum atomic E-state index is -0.986. The number of hydrogen-bond donors (Lipinski definition) is 2. The van der Waals surface area contributed by atoms with Crippen LogP contribution in [-0.4, -0.2) is 23.0 Å². The molecule has 0 aromatic heterocycles. The lowest BCUT2D eigenvalue weighted by atomic mass is 10.1. The molecule has 0 aromatic carbocycles. The van der Waals surface area contributed by atoms with Gasteiger partial charge in [0.1, 0.15) is 6.04 Å². The van der Waals surface area contributed by atoms with Crippen LogP contribution in [0.1, 0.15) is 26.7 Å². The minimum absolute atomic E-state index is 0.358. The summed E-state index contributed by atoms with van der Waals surface area (Å²) >= 11 is 0. The molecule has 0 bridgehead atoms. The van der Waals surface area contributed by atoms with E-state index in [1.165, 1.54) is 6.08 Å². The number of carbonyl (C=O) groups is 2. The Morgan fingerprint density at radius 3 is 2.54 bits per heavy atom. The highest BCUT2D eigenvalue weighted by Crippen LogP contribution is 1.96. The van der Waals surface area contributed by atoms with Crippen molar-refractivity contribution in [3.8, 4) is 0 Å². The first-order chi connectivity index (χ1) is 6.11. The highest BCUT2D eigenvalue weighted by atomic mass is 16.4. The molecule has 13 heavy (non-hydrogen) atoms. The maximum Gasteiger partial charge on any atom is 0.326 e. The molecule has 0 saturated carbocycles. The number of allylic oxidation sites excluding steroid dienone is 1. The predicted octanol–water partition coefficient (Wildman–Crippen LogP) is 0.932. The summed E-state index contributed by atoms with van der Waals surface area (Å²) in [6.45, 7) is 3.58. The molecule has 0 unspecified atom stereocenters. The zero-order valence-corrected chi connectivity index (χ0v) is 7.91. The van der Waals surface area contributed by atoms with E-state index < -0.39 is 12.0 Å². The van der Waals surface area contributed by atoms with Crippen molar-refractivity contribution >= 4 is 11.9 Å². The highest BCUT2D eigenvalue weighted by molar-refractivity contribution is 5.90. The van der Waals surface area contributed by atoms with Crippen LogP contribution in [-0.2, 0) is 9.59 Å². The molecule has 1 atom stereocenters. The standard InChI is InChI=1S/C9H15NO3/c1-3-5-7(9(12)13)10-8(11)6-4-2/h4,6-7H,3,5H2,1-2H3,(H,10,11)(H,12,13)/b6-4+/t7-/m1/s1. The molecule has 4 nitrogen and oxygen atoms in total. The Bertz CT molecular complexity index is 211. The second kappa shape index (κ2) is 6.22. The van der Waals surface area contributed by atoms with Crippen LogP contribution in [0.15, 0.2) is 12.2 Å². The molecule has 1 amide bonds. The van der Waals surface area contributed by atoms with Gasteiger partial charge in [0.15, 0.2) is 0 Å². The lowest BCUT2D eigenvalue weighted by Crippen LogP contribution is -2.39. The molecule has 0 aliphatic rings. The number of carbonyl (C=O) groups excluding carboxylic acids is 1. The van der Waals surface area contributed by atoms with Crippen molar-refractivity contribution in [2.75, 3.05) is 0 Å². The summed E-state index contributed by atoms with van der Waals surface area (Å²) in [4.78, 5) is 21.6. The molecule has 2 N–H and O–H groups in total. The molecule has 4 heteroatoms. The Morgan fingerprint density at radius 1 is 1.54 bits per heavy atom. The fourth-order valence-corrected chi connectivity index (χ4v) is 0.917. The second-order valence-electron chi connectivity index (χ2n) is 2.69. The van der Waals surface area contributed by atoms with Crippen LogP contribution in [0.25, 0.3) is 0 Å². The quantitative estimate of drug-likeness (QED) is 0.626. The van der Waals surface area contributed by atoms with Gasteiger partial charge in [-0.05, 0) is 19.4 Å². The van der Waals surface area contributed by atoms with E-state index in [0.717, 1.165) is 6.42 Å². The summed E-state index contributed by atoms with van der Waals surface area (Å²) < 4.78 is 0. The van der Waals surface area contributed by atoms with Crippen LogP contribution in [0.2, 0.25) is 0 Å². The topological polar surface area (TPSA) is 66.4 Å². The van der Waals surface area contributed by atoms with Gasteiger partial charge in [-0.1, -0.05) is 19.4 Å². The molecule has 0 aliphatic carbocycles. The third kappa shape index (κ3) is 5.00. The van der Waals surface area contributed by atoms with Gasteiger partial charge < -0.3 is 10.4 Å². The van der Waals surface area contributed by atoms with E-state index in [4.69, 9.17) is 5.11 Å². The van der Waals surface area contributed by atoms with Gasteiger partial charge in [-0.25, -0.2) is 4.79 Å². The van der Waals surface area contributed by atoms with Crippen molar-refractivity contribution in [3.63, 3.8) is 0 Å². The second-order valence-corrected chi connectivity index (χ2v) is 2.69. The third-order valence-electron chi connectivity index (χ3n) is 1.51. The van der Waals surface area contributed by atoms with Crippen LogP contribution in [0.3, 0.4) is 0 Å². The van der Waals surface area contributed by atoms with Crippen molar-refractivity contribution in [1.82, 2.24) is 5.32 Å². The number of aliphatic carboxylic acids is 1. The highest BCUT2D eigenvalue weighted by Gasteiger charge is 2.16. The summed E-state index contributed by atoms with van der Waals surface area (Å²) in [6, 6.07) is -0.770. The minimum Gasteiger partial charge on any atom is -0.480 e. The normalized spacial score (nSPS) is 12.8. The van der Waals surface area contributed by atoms with Crippen LogP contribution >= 0.6 is 0 Å². The summed E-state index contributed by atoms with van der Waals surface area (Å²) in [7, 11) is 0. The monoisotopic (exact) mass is 185 g/mol. The average Bonchev–Trinajstić information content (AvgIpc) is 2.04. The first kappa shape index (κ1) is 11.7. The van der Waals surface area contributed by atoms with Gasteiger partial charge in [-0.3, -0.25) is 4.79 Å². The average molecular weight is 185 g/mol. The lowest BCUT2D eigenvalue weighted by molar-refractivity contribution is -0.141. The molecule has 0 radical (unpaired) electrons. The van der Waals surface area contributed by atoms with Gasteiger partial charge in [0.05, 0.1) is 0 Å². The van der Waals surface area contributed by atoms with Crippen LogP contribution in [0, 0.1) is 0 Å². The molecular formula is C9H15NO3. The smallest absolute Gasteiger partial charge is 0.326 e. The largest absolute Gasteiger partial charge is 0.480 e. The molecular weight excluding hydrogens is 170 g/mol. The van der Waals surface area contributed by atoms with Gasteiger partial charge in [0.2, 0.25) is 5.91 Å². The van der Waals surface area contributed by atoms with Gasteiger partial charge >= 0.3 is 5.97 Å². The van der Waals surface area contributed by atoms with Gasteiger partial charge in [-0.2, -0.15) is 0 Å². The number of nitrogens with one attached hydrogen (secondary N) is 1. The Kier molecular flexibility index (Phi) is 5.59. The zero-order valence-electron chi connectivity index (χ0n) is 7.91. The van der Waals surface area contributed by atoms with Gasteiger partial charge in [-0.15, -0.1) is 0 Å². The fraction of sp³-hybridized carbons (Fsp3) is 0.556. The Labute approximate surface area is 77.6 Å². The molecule has 0 rings (SSSR count). The number of hydrogen-bond acceptors (Lipinski definition) is 2. The lowest BCUT2D eigenvalue weighted by Gasteiger charge is -2.11. The summed E-state index contributed by atoms with van der Waals surface area (Å²) in [6.07, 6.45) is 4.07. The number of amides is 1. The van der Waals surface area contributed by atoms with E-state index in [9.17, 15) is 9.59 Å². The molecule has 0 spiro atoms. The molecule has 0 aromatic rings. The van der Waals surface area contributed by atoms with Gasteiger partial charge in [0, 0.05) is 0 Å². The van der Waals surface area contributed by atoms with E-state index >= 15 is 0 Å². The van der Waals surface area contributed by atoms with Crippen molar-refractivity contribution in [2.24, 2.45) is 0 Å². The van der Waals surface area contributed by atoms with Crippen LogP contribution in [0.4, 0.5) is 0 Å².